The van der Waals surface area contributed by atoms with Crippen molar-refractivity contribution in [3.05, 3.63) is 39.9 Å². The second-order valence-electron chi connectivity index (χ2n) is 3.98. The Bertz CT molecular complexity index is 472. The predicted molar refractivity (Wildman–Crippen MR) is 72.6 cm³/mol. The molecular formula is C12H14Cl2N2O. The van der Waals surface area contributed by atoms with Gasteiger partial charge in [0.2, 0.25) is 0 Å². The number of carbonyl (C=O) groups is 1. The summed E-state index contributed by atoms with van der Waals surface area (Å²) in [5.41, 5.74) is 7.23. The molecule has 1 amide bonds. The van der Waals surface area contributed by atoms with Crippen molar-refractivity contribution in [2.45, 2.75) is 6.92 Å². The molecule has 3 nitrogen and oxygen atoms in total. The maximum atomic E-state index is 12.1. The Hall–Kier alpha value is -1.19. The number of hydrogen-bond acceptors (Lipinski definition) is 2. The van der Waals surface area contributed by atoms with Gasteiger partial charge >= 0.3 is 0 Å². The summed E-state index contributed by atoms with van der Waals surface area (Å²) in [4.78, 5) is 13.6. The SMILES string of the molecule is C=C(C)CN(C)C(=O)c1cc(N)cc(Cl)c1Cl. The van der Waals surface area contributed by atoms with Crippen molar-refractivity contribution < 1.29 is 4.79 Å². The molecule has 17 heavy (non-hydrogen) atoms. The van der Waals surface area contributed by atoms with Crippen LogP contribution < -0.4 is 5.73 Å². The minimum atomic E-state index is -0.229. The smallest absolute Gasteiger partial charge is 0.255 e. The van der Waals surface area contributed by atoms with Crippen molar-refractivity contribution >= 4 is 34.8 Å². The number of nitrogens with zero attached hydrogens (tertiary/aromatic N) is 1. The molecule has 0 heterocycles. The number of hydrogen-bond donors (Lipinski definition) is 1. The van der Waals surface area contributed by atoms with Crippen molar-refractivity contribution in [1.29, 1.82) is 0 Å². The summed E-state index contributed by atoms with van der Waals surface area (Å²) >= 11 is 11.9. The second kappa shape index (κ2) is 5.43. The van der Waals surface area contributed by atoms with E-state index in [0.717, 1.165) is 5.57 Å². The van der Waals surface area contributed by atoms with Crippen LogP contribution in [-0.2, 0) is 0 Å². The number of amides is 1. The van der Waals surface area contributed by atoms with Gasteiger partial charge in [-0.25, -0.2) is 0 Å². The van der Waals surface area contributed by atoms with Crippen LogP contribution in [-0.4, -0.2) is 24.4 Å². The van der Waals surface area contributed by atoms with Crippen LogP contribution in [0.2, 0.25) is 10.0 Å². The van der Waals surface area contributed by atoms with Gasteiger partial charge in [0.05, 0.1) is 15.6 Å². The third-order valence-corrected chi connectivity index (χ3v) is 2.94. The van der Waals surface area contributed by atoms with Gasteiger partial charge < -0.3 is 10.6 Å². The average Bonchev–Trinajstić information content (AvgIpc) is 2.21. The summed E-state index contributed by atoms with van der Waals surface area (Å²) in [5, 5.41) is 0.498. The molecule has 0 atom stereocenters. The highest BCUT2D eigenvalue weighted by molar-refractivity contribution is 6.44. The van der Waals surface area contributed by atoms with Crippen LogP contribution in [0.25, 0.3) is 0 Å². The molecule has 5 heteroatoms. The summed E-state index contributed by atoms with van der Waals surface area (Å²) in [6, 6.07) is 3.03. The van der Waals surface area contributed by atoms with E-state index in [-0.39, 0.29) is 16.0 Å². The third-order valence-electron chi connectivity index (χ3n) is 2.13. The number of nitrogen functional groups attached to an aromatic ring is 1. The number of likely N-dealkylation sites (N-methyl/N-ethyl adjacent to an activating group) is 1. The van der Waals surface area contributed by atoms with Crippen LogP contribution in [0.5, 0.6) is 0 Å². The molecule has 0 unspecified atom stereocenters. The van der Waals surface area contributed by atoms with Gasteiger partial charge in [-0.1, -0.05) is 35.4 Å². The van der Waals surface area contributed by atoms with E-state index in [4.69, 9.17) is 28.9 Å². The highest BCUT2D eigenvalue weighted by Gasteiger charge is 2.17. The van der Waals surface area contributed by atoms with Crippen molar-refractivity contribution in [1.82, 2.24) is 4.90 Å². The quantitative estimate of drug-likeness (QED) is 0.679. The van der Waals surface area contributed by atoms with Crippen LogP contribution in [0.3, 0.4) is 0 Å². The highest BCUT2D eigenvalue weighted by Crippen LogP contribution is 2.29. The maximum Gasteiger partial charge on any atom is 0.255 e. The van der Waals surface area contributed by atoms with Crippen LogP contribution in [0.1, 0.15) is 17.3 Å². The minimum absolute atomic E-state index is 0.222. The molecule has 0 fully saturated rings. The minimum Gasteiger partial charge on any atom is -0.399 e. The average molecular weight is 273 g/mol. The molecule has 92 valence electrons. The zero-order valence-corrected chi connectivity index (χ0v) is 11.3. The van der Waals surface area contributed by atoms with E-state index in [9.17, 15) is 4.79 Å². The summed E-state index contributed by atoms with van der Waals surface area (Å²) in [5.74, 6) is -0.229. The molecule has 0 saturated heterocycles. The monoisotopic (exact) mass is 272 g/mol. The Morgan fingerprint density at radius 3 is 2.59 bits per heavy atom. The molecule has 0 radical (unpaired) electrons. The van der Waals surface area contributed by atoms with Gasteiger partial charge in [-0.05, 0) is 19.1 Å². The Morgan fingerprint density at radius 1 is 1.47 bits per heavy atom. The fraction of sp³-hybridized carbons (Fsp3) is 0.250. The lowest BCUT2D eigenvalue weighted by Gasteiger charge is -2.18. The first-order valence-corrected chi connectivity index (χ1v) is 5.73. The first kappa shape index (κ1) is 13.9. The molecule has 0 bridgehead atoms. The molecule has 1 aromatic rings. The fourth-order valence-electron chi connectivity index (χ4n) is 1.45. The summed E-state index contributed by atoms with van der Waals surface area (Å²) in [6.07, 6.45) is 0. The Morgan fingerprint density at radius 2 is 2.06 bits per heavy atom. The van der Waals surface area contributed by atoms with Crippen LogP contribution in [0.4, 0.5) is 5.69 Å². The third kappa shape index (κ3) is 3.38. The molecular weight excluding hydrogens is 259 g/mol. The van der Waals surface area contributed by atoms with E-state index in [1.807, 2.05) is 6.92 Å². The largest absolute Gasteiger partial charge is 0.399 e. The van der Waals surface area contributed by atoms with Gasteiger partial charge in [0.15, 0.2) is 0 Å². The van der Waals surface area contributed by atoms with Crippen LogP contribution in [0.15, 0.2) is 24.3 Å². The number of anilines is 1. The first-order chi connectivity index (χ1) is 7.82. The summed E-state index contributed by atoms with van der Waals surface area (Å²) < 4.78 is 0. The molecule has 1 rings (SSSR count). The molecule has 0 aliphatic rings. The summed E-state index contributed by atoms with van der Waals surface area (Å²) in [7, 11) is 1.67. The molecule has 1 aromatic carbocycles. The van der Waals surface area contributed by atoms with E-state index >= 15 is 0 Å². The normalized spacial score (nSPS) is 10.1. The molecule has 0 saturated carbocycles. The van der Waals surface area contributed by atoms with Gasteiger partial charge in [-0.2, -0.15) is 0 Å². The Labute approximate surface area is 111 Å². The summed E-state index contributed by atoms with van der Waals surface area (Å²) in [6.45, 7) is 6.06. The highest BCUT2D eigenvalue weighted by atomic mass is 35.5. The molecule has 0 aliphatic heterocycles. The molecule has 0 aromatic heterocycles. The van der Waals surface area contributed by atoms with Gasteiger partial charge in [0, 0.05) is 19.3 Å². The van der Waals surface area contributed by atoms with Crippen LogP contribution >= 0.6 is 23.2 Å². The van der Waals surface area contributed by atoms with E-state index in [0.29, 0.717) is 17.8 Å². The second-order valence-corrected chi connectivity index (χ2v) is 4.77. The predicted octanol–water partition coefficient (Wildman–Crippen LogP) is 3.22. The number of carbonyl (C=O) groups excluding carboxylic acids is 1. The number of halogens is 2. The maximum absolute atomic E-state index is 12.1. The molecule has 0 spiro atoms. The Kier molecular flexibility index (Phi) is 4.43. The van der Waals surface area contributed by atoms with Crippen molar-refractivity contribution in [2.24, 2.45) is 0 Å². The standard InChI is InChI=1S/C12H14Cl2N2O/c1-7(2)6-16(3)12(17)9-4-8(15)5-10(13)11(9)14/h4-5H,1,6,15H2,2-3H3. The van der Waals surface area contributed by atoms with Gasteiger partial charge in [0.1, 0.15) is 0 Å². The lowest BCUT2D eigenvalue weighted by Crippen LogP contribution is -2.28. The fourth-order valence-corrected chi connectivity index (χ4v) is 1.87. The Balaban J connectivity index is 3.08. The number of benzene rings is 1. The van der Waals surface area contributed by atoms with E-state index in [1.165, 1.54) is 17.0 Å². The van der Waals surface area contributed by atoms with Crippen molar-refractivity contribution in [2.75, 3.05) is 19.3 Å². The zero-order chi connectivity index (χ0) is 13.2. The first-order valence-electron chi connectivity index (χ1n) is 4.97. The molecule has 0 aliphatic carbocycles. The number of rotatable bonds is 3. The van der Waals surface area contributed by atoms with Gasteiger partial charge in [-0.3, -0.25) is 4.79 Å². The zero-order valence-electron chi connectivity index (χ0n) is 9.76. The number of nitrogens with two attached hydrogens (primary N) is 1. The van der Waals surface area contributed by atoms with E-state index in [1.54, 1.807) is 7.05 Å². The van der Waals surface area contributed by atoms with Gasteiger partial charge in [0.25, 0.3) is 5.91 Å². The van der Waals surface area contributed by atoms with Crippen molar-refractivity contribution in [3.63, 3.8) is 0 Å². The van der Waals surface area contributed by atoms with Crippen LogP contribution in [0, 0.1) is 0 Å². The topological polar surface area (TPSA) is 46.3 Å². The van der Waals surface area contributed by atoms with E-state index < -0.39 is 0 Å². The van der Waals surface area contributed by atoms with Crippen molar-refractivity contribution in [3.8, 4) is 0 Å². The molecule has 2 N–H and O–H groups in total. The lowest BCUT2D eigenvalue weighted by atomic mass is 10.1. The van der Waals surface area contributed by atoms with E-state index in [2.05, 4.69) is 6.58 Å². The van der Waals surface area contributed by atoms with Gasteiger partial charge in [-0.15, -0.1) is 0 Å². The lowest BCUT2D eigenvalue weighted by molar-refractivity contribution is 0.0807.